The van der Waals surface area contributed by atoms with Crippen LogP contribution in [0.15, 0.2) is 61.1 Å². The third-order valence-electron chi connectivity index (χ3n) is 6.76. The van der Waals surface area contributed by atoms with Crippen LogP contribution in [0.1, 0.15) is 53.0 Å². The van der Waals surface area contributed by atoms with Crippen molar-refractivity contribution in [2.75, 3.05) is 13.1 Å². The van der Waals surface area contributed by atoms with E-state index in [0.29, 0.717) is 5.56 Å². The van der Waals surface area contributed by atoms with Crippen molar-refractivity contribution in [3.63, 3.8) is 0 Å². The number of nitriles is 1. The second-order valence-electron chi connectivity index (χ2n) is 11.0. The molecule has 4 heterocycles. The van der Waals surface area contributed by atoms with Gasteiger partial charge in [-0.2, -0.15) is 15.5 Å². The number of likely N-dealkylation sites (tertiary alicyclic amines) is 1. The van der Waals surface area contributed by atoms with Crippen LogP contribution in [0.3, 0.4) is 0 Å². The molecule has 0 atom stereocenters. The molecule has 218 valence electrons. The minimum atomic E-state index is -0.361. The monoisotopic (exact) mass is 565 g/mol. The second-order valence-corrected chi connectivity index (χ2v) is 11.0. The number of pyridine rings is 1. The number of rotatable bonds is 2. The maximum absolute atomic E-state index is 11.4. The van der Waals surface area contributed by atoms with Crippen molar-refractivity contribution in [2.24, 2.45) is 14.1 Å². The summed E-state index contributed by atoms with van der Waals surface area (Å²) in [7, 11) is 3.83. The zero-order valence-corrected chi connectivity index (χ0v) is 25.5. The lowest BCUT2D eigenvalue weighted by molar-refractivity contribution is 0.0295. The fraction of sp³-hybridized carbons (Fsp3) is 0.364. The van der Waals surface area contributed by atoms with Gasteiger partial charge in [-0.25, -0.2) is 4.79 Å². The summed E-state index contributed by atoms with van der Waals surface area (Å²) in [5, 5.41) is 20.1. The summed E-state index contributed by atoms with van der Waals surface area (Å²) in [6.07, 6.45) is 7.79. The number of nitrogens with zero attached hydrogens (tertiary/aromatic N) is 7. The van der Waals surface area contributed by atoms with Gasteiger partial charge in [-0.15, -0.1) is 0 Å². The minimum Gasteiger partial charge on any atom is -0.444 e. The van der Waals surface area contributed by atoms with Gasteiger partial charge in [-0.3, -0.25) is 14.3 Å². The van der Waals surface area contributed by atoms with E-state index in [1.54, 1.807) is 4.90 Å². The van der Waals surface area contributed by atoms with Gasteiger partial charge in [0.2, 0.25) is 0 Å². The summed E-state index contributed by atoms with van der Waals surface area (Å²) in [5.41, 5.74) is 6.11. The van der Waals surface area contributed by atoms with Crippen molar-refractivity contribution in [1.29, 1.82) is 5.26 Å². The predicted molar refractivity (Wildman–Crippen MR) is 167 cm³/mol. The van der Waals surface area contributed by atoms with Crippen LogP contribution in [0.2, 0.25) is 0 Å². The van der Waals surface area contributed by atoms with Gasteiger partial charge < -0.3 is 9.64 Å². The van der Waals surface area contributed by atoms with Gasteiger partial charge in [-0.05, 0) is 63.4 Å². The molecule has 0 aliphatic carbocycles. The van der Waals surface area contributed by atoms with Gasteiger partial charge in [0.1, 0.15) is 5.60 Å². The van der Waals surface area contributed by atoms with E-state index in [9.17, 15) is 4.79 Å². The fourth-order valence-electron chi connectivity index (χ4n) is 4.86. The van der Waals surface area contributed by atoms with E-state index in [1.807, 2.05) is 113 Å². The fourth-order valence-corrected chi connectivity index (χ4v) is 4.86. The lowest BCUT2D eigenvalue weighted by Gasteiger charge is -2.23. The zero-order chi connectivity index (χ0) is 30.4. The SMILES string of the molecule is CC.CC(C)(C)OC(=O)N1CCCC1.Cn1cc2cc(-c3ncc4c(cnn4C)c3-c3ccc(C#N)cc3)ccc2n1. The van der Waals surface area contributed by atoms with E-state index < -0.39 is 0 Å². The first-order valence-corrected chi connectivity index (χ1v) is 14.4. The van der Waals surface area contributed by atoms with Gasteiger partial charge >= 0.3 is 6.09 Å². The normalized spacial score (nSPS) is 12.8. The molecule has 5 aromatic rings. The van der Waals surface area contributed by atoms with E-state index in [2.05, 4.69) is 22.3 Å². The van der Waals surface area contributed by atoms with E-state index in [1.165, 1.54) is 0 Å². The Balaban J connectivity index is 0.000000244. The van der Waals surface area contributed by atoms with Crippen LogP contribution >= 0.6 is 0 Å². The smallest absolute Gasteiger partial charge is 0.410 e. The van der Waals surface area contributed by atoms with E-state index >= 15 is 0 Å². The number of amides is 1. The van der Waals surface area contributed by atoms with E-state index in [-0.39, 0.29) is 11.7 Å². The van der Waals surface area contributed by atoms with Crippen molar-refractivity contribution in [3.05, 3.63) is 66.6 Å². The highest BCUT2D eigenvalue weighted by atomic mass is 16.6. The van der Waals surface area contributed by atoms with Crippen molar-refractivity contribution in [3.8, 4) is 28.5 Å². The molecule has 42 heavy (non-hydrogen) atoms. The molecule has 0 saturated carbocycles. The number of carbonyl (C=O) groups excluding carboxylic acids is 1. The van der Waals surface area contributed by atoms with Crippen LogP contribution in [0.4, 0.5) is 4.79 Å². The molecular weight excluding hydrogens is 526 g/mol. The topological polar surface area (TPSA) is 102 Å². The summed E-state index contributed by atoms with van der Waals surface area (Å²) in [6, 6.07) is 15.9. The van der Waals surface area contributed by atoms with Crippen molar-refractivity contribution >= 4 is 27.9 Å². The van der Waals surface area contributed by atoms with Crippen molar-refractivity contribution < 1.29 is 9.53 Å². The second kappa shape index (κ2) is 12.9. The zero-order valence-electron chi connectivity index (χ0n) is 25.5. The Bertz CT molecular complexity index is 1710. The molecule has 9 nitrogen and oxygen atoms in total. The molecule has 0 bridgehead atoms. The molecule has 1 fully saturated rings. The number of benzene rings is 2. The average molecular weight is 566 g/mol. The largest absolute Gasteiger partial charge is 0.444 e. The maximum atomic E-state index is 11.4. The highest BCUT2D eigenvalue weighted by molar-refractivity contribution is 6.01. The van der Waals surface area contributed by atoms with E-state index in [0.717, 1.165) is 70.1 Å². The first-order valence-electron chi connectivity index (χ1n) is 14.4. The Kier molecular flexibility index (Phi) is 9.26. The lowest BCUT2D eigenvalue weighted by atomic mass is 9.95. The molecule has 3 aromatic heterocycles. The molecule has 0 radical (unpaired) electrons. The molecular formula is C33H39N7O2. The molecule has 0 spiro atoms. The molecule has 6 rings (SSSR count). The van der Waals surface area contributed by atoms with Crippen LogP contribution in [-0.2, 0) is 18.8 Å². The summed E-state index contributed by atoms with van der Waals surface area (Å²) >= 11 is 0. The molecule has 0 unspecified atom stereocenters. The van der Waals surface area contributed by atoms with Crippen LogP contribution < -0.4 is 0 Å². The number of hydrogen-bond donors (Lipinski definition) is 0. The number of aryl methyl sites for hydroxylation is 2. The first kappa shape index (κ1) is 30.3. The molecule has 0 N–H and O–H groups in total. The van der Waals surface area contributed by atoms with Gasteiger partial charge in [0, 0.05) is 55.3 Å². The quantitative estimate of drug-likeness (QED) is 0.226. The molecule has 1 aliphatic heterocycles. The Morgan fingerprint density at radius 3 is 2.29 bits per heavy atom. The Labute approximate surface area is 247 Å². The Hall–Kier alpha value is -4.71. The number of hydrogen-bond acceptors (Lipinski definition) is 6. The summed E-state index contributed by atoms with van der Waals surface area (Å²) in [4.78, 5) is 17.9. The highest BCUT2D eigenvalue weighted by Crippen LogP contribution is 2.37. The van der Waals surface area contributed by atoms with Gasteiger partial charge in [0.15, 0.2) is 0 Å². The van der Waals surface area contributed by atoms with Crippen LogP contribution in [-0.4, -0.2) is 54.2 Å². The lowest BCUT2D eigenvalue weighted by Crippen LogP contribution is -2.34. The average Bonchev–Trinajstić information content (AvgIpc) is 3.73. The van der Waals surface area contributed by atoms with Gasteiger partial charge in [0.25, 0.3) is 0 Å². The van der Waals surface area contributed by atoms with Crippen LogP contribution in [0, 0.1) is 11.3 Å². The van der Waals surface area contributed by atoms with Crippen LogP contribution in [0.25, 0.3) is 44.2 Å². The Morgan fingerprint density at radius 2 is 1.64 bits per heavy atom. The van der Waals surface area contributed by atoms with Gasteiger partial charge in [-0.1, -0.05) is 32.0 Å². The third-order valence-corrected chi connectivity index (χ3v) is 6.76. The number of aromatic nitrogens is 5. The molecule has 9 heteroatoms. The van der Waals surface area contributed by atoms with Crippen molar-refractivity contribution in [2.45, 2.75) is 53.1 Å². The molecule has 1 aliphatic rings. The minimum absolute atomic E-state index is 0.167. The van der Waals surface area contributed by atoms with Gasteiger partial charge in [0.05, 0.1) is 40.8 Å². The number of carbonyl (C=O) groups is 1. The maximum Gasteiger partial charge on any atom is 0.410 e. The highest BCUT2D eigenvalue weighted by Gasteiger charge is 2.24. The molecule has 1 amide bonds. The summed E-state index contributed by atoms with van der Waals surface area (Å²) in [6.45, 7) is 11.4. The Morgan fingerprint density at radius 1 is 0.976 bits per heavy atom. The standard InChI is InChI=1S/C22H16N6.C9H17NO2.C2H6/c1-27-13-17-9-16(7-8-19(17)26-27)22-21(15-5-3-14(10-23)4-6-15)18-11-25-28(2)20(18)12-24-22;1-9(2,3)12-8(11)10-6-4-5-7-10;1-2/h3-9,11-13H,1-2H3;4-7H2,1-3H3;1-2H3. The first-order chi connectivity index (χ1) is 20.1. The number of fused-ring (bicyclic) bond motifs is 2. The predicted octanol–water partition coefficient (Wildman–Crippen LogP) is 7.10. The molecule has 2 aromatic carbocycles. The molecule has 1 saturated heterocycles. The third kappa shape index (κ3) is 6.77. The van der Waals surface area contributed by atoms with E-state index in [4.69, 9.17) is 15.0 Å². The summed E-state index contributed by atoms with van der Waals surface area (Å²) in [5.74, 6) is 0. The van der Waals surface area contributed by atoms with Crippen LogP contribution in [0.5, 0.6) is 0 Å². The number of ether oxygens (including phenoxy) is 1. The van der Waals surface area contributed by atoms with Crippen molar-refractivity contribution in [1.82, 2.24) is 29.4 Å². The summed E-state index contributed by atoms with van der Waals surface area (Å²) < 4.78 is 8.84.